The molecule has 0 aromatic rings. The van der Waals surface area contributed by atoms with Gasteiger partial charge in [-0.3, -0.25) is 4.90 Å². The topological polar surface area (TPSA) is 3.24 Å². The summed E-state index contributed by atoms with van der Waals surface area (Å²) in [4.78, 5) is 2.70. The first-order chi connectivity index (χ1) is 6.88. The van der Waals surface area contributed by atoms with Crippen molar-refractivity contribution in [2.45, 2.75) is 38.6 Å². The number of likely N-dealkylation sites (tertiary alicyclic amines) is 1. The van der Waals surface area contributed by atoms with Crippen LogP contribution < -0.4 is 0 Å². The van der Waals surface area contributed by atoms with Gasteiger partial charge in [-0.25, -0.2) is 0 Å². The minimum atomic E-state index is 0.862. The van der Waals surface area contributed by atoms with Crippen molar-refractivity contribution in [3.63, 3.8) is 0 Å². The van der Waals surface area contributed by atoms with Gasteiger partial charge in [0.2, 0.25) is 0 Å². The highest BCUT2D eigenvalue weighted by atomic mass is 79.9. The lowest BCUT2D eigenvalue weighted by Crippen LogP contribution is -2.41. The normalized spacial score (nSPS) is 24.0. The van der Waals surface area contributed by atoms with E-state index in [1.807, 2.05) is 0 Å². The van der Waals surface area contributed by atoms with Crippen LogP contribution in [0.15, 0.2) is 0 Å². The zero-order chi connectivity index (χ0) is 10.2. The van der Waals surface area contributed by atoms with Crippen molar-refractivity contribution >= 4 is 27.7 Å². The van der Waals surface area contributed by atoms with Crippen molar-refractivity contribution in [3.05, 3.63) is 0 Å². The fraction of sp³-hybridized carbons (Fsp3) is 1.00. The Kier molecular flexibility index (Phi) is 7.35. The quantitative estimate of drug-likeness (QED) is 0.542. The van der Waals surface area contributed by atoms with Gasteiger partial charge >= 0.3 is 0 Å². The number of rotatable bonds is 6. The molecule has 0 aromatic carbocycles. The van der Waals surface area contributed by atoms with E-state index in [4.69, 9.17) is 0 Å². The molecule has 0 bridgehead atoms. The van der Waals surface area contributed by atoms with Gasteiger partial charge in [0, 0.05) is 23.7 Å². The van der Waals surface area contributed by atoms with Crippen LogP contribution in [0.3, 0.4) is 0 Å². The molecule has 1 aliphatic rings. The molecule has 1 saturated heterocycles. The maximum Gasteiger partial charge on any atom is 0.0104 e. The summed E-state index contributed by atoms with van der Waals surface area (Å²) in [5.41, 5.74) is 0. The lowest BCUT2D eigenvalue weighted by atomic mass is 10.0. The molecule has 84 valence electrons. The van der Waals surface area contributed by atoms with Crippen molar-refractivity contribution in [2.75, 3.05) is 29.9 Å². The van der Waals surface area contributed by atoms with Gasteiger partial charge in [0.25, 0.3) is 0 Å². The molecule has 1 nitrogen and oxygen atoms in total. The highest BCUT2D eigenvalue weighted by Crippen LogP contribution is 2.20. The molecule has 3 heteroatoms. The first-order valence-corrected chi connectivity index (χ1v) is 8.04. The molecular weight excluding hydrogens is 258 g/mol. The zero-order valence-corrected chi connectivity index (χ0v) is 11.6. The summed E-state index contributed by atoms with van der Waals surface area (Å²) in [7, 11) is 0. The van der Waals surface area contributed by atoms with Gasteiger partial charge in [-0.05, 0) is 31.6 Å². The second-order valence-electron chi connectivity index (χ2n) is 3.86. The molecule has 1 rings (SSSR count). The van der Waals surface area contributed by atoms with Gasteiger partial charge in [-0.2, -0.15) is 11.8 Å². The zero-order valence-electron chi connectivity index (χ0n) is 9.17. The molecule has 0 N–H and O–H groups in total. The van der Waals surface area contributed by atoms with Gasteiger partial charge in [0.15, 0.2) is 0 Å². The Morgan fingerprint density at radius 2 is 2.29 bits per heavy atom. The third-order valence-electron chi connectivity index (χ3n) is 2.92. The van der Waals surface area contributed by atoms with Crippen LogP contribution in [0, 0.1) is 0 Å². The van der Waals surface area contributed by atoms with Crippen LogP contribution in [0.2, 0.25) is 0 Å². The average molecular weight is 280 g/mol. The first-order valence-electron chi connectivity index (χ1n) is 5.76. The molecule has 0 aliphatic carbocycles. The Hall–Kier alpha value is 0.790. The number of hydrogen-bond donors (Lipinski definition) is 0. The summed E-state index contributed by atoms with van der Waals surface area (Å²) in [5, 5.41) is 1.16. The highest BCUT2D eigenvalue weighted by Gasteiger charge is 2.20. The van der Waals surface area contributed by atoms with E-state index in [1.165, 1.54) is 50.3 Å². The number of alkyl halides is 1. The van der Waals surface area contributed by atoms with E-state index in [9.17, 15) is 0 Å². The van der Waals surface area contributed by atoms with Crippen molar-refractivity contribution in [1.82, 2.24) is 4.90 Å². The summed E-state index contributed by atoms with van der Waals surface area (Å²) < 4.78 is 0. The molecule has 1 aliphatic heterocycles. The van der Waals surface area contributed by atoms with E-state index in [0.717, 1.165) is 11.4 Å². The van der Waals surface area contributed by atoms with E-state index in [1.54, 1.807) is 0 Å². The Bertz CT molecular complexity index is 141. The van der Waals surface area contributed by atoms with Crippen LogP contribution >= 0.6 is 27.7 Å². The maximum atomic E-state index is 3.56. The summed E-state index contributed by atoms with van der Waals surface area (Å²) >= 11 is 5.63. The van der Waals surface area contributed by atoms with Crippen molar-refractivity contribution in [3.8, 4) is 0 Å². The Morgan fingerprint density at radius 3 is 3.00 bits per heavy atom. The van der Waals surface area contributed by atoms with Crippen LogP contribution in [-0.2, 0) is 0 Å². The summed E-state index contributed by atoms with van der Waals surface area (Å²) in [6.07, 6.45) is 5.60. The molecule has 0 saturated carbocycles. The van der Waals surface area contributed by atoms with Gasteiger partial charge in [0.05, 0.1) is 0 Å². The van der Waals surface area contributed by atoms with Gasteiger partial charge < -0.3 is 0 Å². The van der Waals surface area contributed by atoms with E-state index >= 15 is 0 Å². The molecule has 1 heterocycles. The van der Waals surface area contributed by atoms with E-state index < -0.39 is 0 Å². The SMILES string of the molecule is CCSCCN1CCCCC1CCBr. The van der Waals surface area contributed by atoms with Gasteiger partial charge in [-0.1, -0.05) is 29.3 Å². The second kappa shape index (κ2) is 8.00. The number of halogens is 1. The predicted octanol–water partition coefficient (Wildman–Crippen LogP) is 3.38. The largest absolute Gasteiger partial charge is 0.300 e. The Morgan fingerprint density at radius 1 is 1.43 bits per heavy atom. The minimum Gasteiger partial charge on any atom is -0.300 e. The molecule has 1 atom stereocenters. The third kappa shape index (κ3) is 4.54. The molecule has 14 heavy (non-hydrogen) atoms. The van der Waals surface area contributed by atoms with Crippen LogP contribution in [-0.4, -0.2) is 40.9 Å². The number of hydrogen-bond acceptors (Lipinski definition) is 2. The fourth-order valence-corrected chi connectivity index (χ4v) is 3.31. The van der Waals surface area contributed by atoms with E-state index in [2.05, 4.69) is 39.5 Å². The maximum absolute atomic E-state index is 3.56. The standard InChI is InChI=1S/C11H22BrNS/c1-2-14-10-9-13-8-4-3-5-11(13)6-7-12/h11H,2-10H2,1H3. The van der Waals surface area contributed by atoms with Crippen molar-refractivity contribution in [1.29, 1.82) is 0 Å². The van der Waals surface area contributed by atoms with Crippen molar-refractivity contribution < 1.29 is 0 Å². The second-order valence-corrected chi connectivity index (χ2v) is 6.05. The fourth-order valence-electron chi connectivity index (χ4n) is 2.13. The van der Waals surface area contributed by atoms with Crippen LogP contribution in [0.25, 0.3) is 0 Å². The summed E-state index contributed by atoms with van der Waals surface area (Å²) in [6, 6.07) is 0.862. The minimum absolute atomic E-state index is 0.862. The molecule has 1 unspecified atom stereocenters. The third-order valence-corrected chi connectivity index (χ3v) is 4.26. The van der Waals surface area contributed by atoms with Gasteiger partial charge in [-0.15, -0.1) is 0 Å². The highest BCUT2D eigenvalue weighted by molar-refractivity contribution is 9.09. The lowest BCUT2D eigenvalue weighted by Gasteiger charge is -2.35. The smallest absolute Gasteiger partial charge is 0.0104 e. The molecule has 0 spiro atoms. The number of thioether (sulfide) groups is 1. The summed E-state index contributed by atoms with van der Waals surface area (Å²) in [6.45, 7) is 4.88. The Balaban J connectivity index is 2.22. The van der Waals surface area contributed by atoms with Crippen LogP contribution in [0.4, 0.5) is 0 Å². The number of piperidine rings is 1. The predicted molar refractivity (Wildman–Crippen MR) is 70.6 cm³/mol. The molecule has 0 aromatic heterocycles. The summed E-state index contributed by atoms with van der Waals surface area (Å²) in [5.74, 6) is 2.58. The van der Waals surface area contributed by atoms with Crippen LogP contribution in [0.1, 0.15) is 32.6 Å². The molecule has 0 amide bonds. The van der Waals surface area contributed by atoms with Crippen molar-refractivity contribution in [2.24, 2.45) is 0 Å². The van der Waals surface area contributed by atoms with Gasteiger partial charge in [0.1, 0.15) is 0 Å². The molecule has 0 radical (unpaired) electrons. The van der Waals surface area contributed by atoms with E-state index in [-0.39, 0.29) is 0 Å². The Labute approximate surface area is 101 Å². The monoisotopic (exact) mass is 279 g/mol. The number of nitrogens with zero attached hydrogens (tertiary/aromatic N) is 1. The molecule has 1 fully saturated rings. The molecular formula is C11H22BrNS. The van der Waals surface area contributed by atoms with Crippen LogP contribution in [0.5, 0.6) is 0 Å². The first kappa shape index (κ1) is 12.9. The average Bonchev–Trinajstić information content (AvgIpc) is 2.21. The van der Waals surface area contributed by atoms with E-state index in [0.29, 0.717) is 0 Å². The lowest BCUT2D eigenvalue weighted by molar-refractivity contribution is 0.155.